The maximum absolute atomic E-state index is 12.4. The van der Waals surface area contributed by atoms with Crippen molar-refractivity contribution in [3.8, 4) is 0 Å². The molecule has 0 fully saturated rings. The molecule has 7 nitrogen and oxygen atoms in total. The van der Waals surface area contributed by atoms with Crippen molar-refractivity contribution in [1.82, 2.24) is 20.4 Å². The summed E-state index contributed by atoms with van der Waals surface area (Å²) in [5.41, 5.74) is 2.24. The Morgan fingerprint density at radius 2 is 1.73 bits per heavy atom. The summed E-state index contributed by atoms with van der Waals surface area (Å²) in [5, 5.41) is 10.6. The first-order valence-electron chi connectivity index (χ1n) is 9.92. The molecule has 0 unspecified atom stereocenters. The summed E-state index contributed by atoms with van der Waals surface area (Å²) in [7, 11) is -3.33. The number of nitrogens with zero attached hydrogens (tertiary/aromatic N) is 3. The first-order chi connectivity index (χ1) is 14.6. The van der Waals surface area contributed by atoms with Gasteiger partial charge in [-0.15, -0.1) is 0 Å². The van der Waals surface area contributed by atoms with Gasteiger partial charge in [0.15, 0.2) is 15.8 Å². The van der Waals surface area contributed by atoms with Gasteiger partial charge in [0.1, 0.15) is 0 Å². The summed E-state index contributed by atoms with van der Waals surface area (Å²) < 4.78 is 26.8. The Labute approximate surface area is 177 Å². The standard InChI is InChI=1S/C22H27N5O2S/c1-2-23-22(24-14-16-30(28,29)21-11-4-3-5-12-21)25-17-19-9-6-7-10-20(19)18-27-15-8-13-26-27/h3-13,15H,2,14,16-18H2,1H3,(H2,23,24,25). The van der Waals surface area contributed by atoms with E-state index in [2.05, 4.69) is 26.8 Å². The van der Waals surface area contributed by atoms with Gasteiger partial charge in [-0.1, -0.05) is 42.5 Å². The van der Waals surface area contributed by atoms with Crippen molar-refractivity contribution in [2.24, 2.45) is 4.99 Å². The van der Waals surface area contributed by atoms with Crippen LogP contribution in [0.3, 0.4) is 0 Å². The lowest BCUT2D eigenvalue weighted by Crippen LogP contribution is -2.39. The molecule has 1 aromatic heterocycles. The molecule has 2 N–H and O–H groups in total. The zero-order chi connectivity index (χ0) is 21.2. The van der Waals surface area contributed by atoms with Crippen LogP contribution in [0.4, 0.5) is 0 Å². The van der Waals surface area contributed by atoms with Gasteiger partial charge in [0.05, 0.1) is 23.7 Å². The fourth-order valence-electron chi connectivity index (χ4n) is 2.99. The highest BCUT2D eigenvalue weighted by molar-refractivity contribution is 7.91. The lowest BCUT2D eigenvalue weighted by molar-refractivity contribution is 0.594. The highest BCUT2D eigenvalue weighted by atomic mass is 32.2. The predicted octanol–water partition coefficient (Wildman–Crippen LogP) is 2.46. The van der Waals surface area contributed by atoms with Crippen molar-refractivity contribution in [3.05, 3.63) is 84.2 Å². The molecule has 30 heavy (non-hydrogen) atoms. The number of hydrogen-bond donors (Lipinski definition) is 2. The predicted molar refractivity (Wildman–Crippen MR) is 119 cm³/mol. The molecule has 0 spiro atoms. The third kappa shape index (κ3) is 6.18. The summed E-state index contributed by atoms with van der Waals surface area (Å²) in [4.78, 5) is 4.97. The van der Waals surface area contributed by atoms with E-state index < -0.39 is 9.84 Å². The van der Waals surface area contributed by atoms with E-state index in [0.29, 0.717) is 30.5 Å². The average Bonchev–Trinajstić information content (AvgIpc) is 3.26. The van der Waals surface area contributed by atoms with Gasteiger partial charge in [-0.25, -0.2) is 13.4 Å². The first kappa shape index (κ1) is 21.6. The lowest BCUT2D eigenvalue weighted by atomic mass is 10.1. The Kier molecular flexibility index (Phi) is 7.62. The zero-order valence-corrected chi connectivity index (χ0v) is 17.8. The number of aliphatic imine (C=N–C) groups is 1. The number of nitrogens with one attached hydrogen (secondary N) is 2. The molecule has 0 radical (unpaired) electrons. The summed E-state index contributed by atoms with van der Waals surface area (Å²) in [6.45, 7) is 4.10. The van der Waals surface area contributed by atoms with Crippen LogP contribution in [0.5, 0.6) is 0 Å². The van der Waals surface area contributed by atoms with Gasteiger partial charge in [0, 0.05) is 25.5 Å². The molecule has 0 bridgehead atoms. The number of sulfone groups is 1. The van der Waals surface area contributed by atoms with Gasteiger partial charge >= 0.3 is 0 Å². The van der Waals surface area contributed by atoms with E-state index in [1.807, 2.05) is 42.1 Å². The Hall–Kier alpha value is -3.13. The molecule has 158 valence electrons. The molecule has 1 heterocycles. The second-order valence-corrected chi connectivity index (χ2v) is 8.84. The minimum absolute atomic E-state index is 0.00267. The zero-order valence-electron chi connectivity index (χ0n) is 17.0. The number of rotatable bonds is 9. The Balaban J connectivity index is 1.62. The molecule has 0 saturated carbocycles. The number of guanidine groups is 1. The van der Waals surface area contributed by atoms with E-state index in [-0.39, 0.29) is 12.3 Å². The van der Waals surface area contributed by atoms with E-state index in [9.17, 15) is 8.42 Å². The number of hydrogen-bond acceptors (Lipinski definition) is 4. The van der Waals surface area contributed by atoms with Crippen molar-refractivity contribution in [2.45, 2.75) is 24.9 Å². The van der Waals surface area contributed by atoms with E-state index in [1.54, 1.807) is 36.5 Å². The third-order valence-electron chi connectivity index (χ3n) is 4.53. The van der Waals surface area contributed by atoms with Crippen LogP contribution in [0.2, 0.25) is 0 Å². The molecule has 0 atom stereocenters. The van der Waals surface area contributed by atoms with E-state index in [0.717, 1.165) is 11.1 Å². The quantitative estimate of drug-likeness (QED) is 0.406. The lowest BCUT2D eigenvalue weighted by Gasteiger charge is -2.13. The monoisotopic (exact) mass is 425 g/mol. The average molecular weight is 426 g/mol. The SMILES string of the molecule is CCNC(=NCc1ccccc1Cn1cccn1)NCCS(=O)(=O)c1ccccc1. The molecule has 0 aliphatic carbocycles. The van der Waals surface area contributed by atoms with Crippen molar-refractivity contribution in [2.75, 3.05) is 18.8 Å². The van der Waals surface area contributed by atoms with Crippen molar-refractivity contribution in [1.29, 1.82) is 0 Å². The first-order valence-corrected chi connectivity index (χ1v) is 11.6. The fourth-order valence-corrected chi connectivity index (χ4v) is 4.17. The Morgan fingerprint density at radius 3 is 2.43 bits per heavy atom. The van der Waals surface area contributed by atoms with Crippen LogP contribution in [0.1, 0.15) is 18.1 Å². The molecular formula is C22H27N5O2S. The third-order valence-corrected chi connectivity index (χ3v) is 6.26. The van der Waals surface area contributed by atoms with Crippen LogP contribution >= 0.6 is 0 Å². The van der Waals surface area contributed by atoms with Crippen molar-refractivity contribution >= 4 is 15.8 Å². The van der Waals surface area contributed by atoms with Gasteiger partial charge in [-0.2, -0.15) is 5.10 Å². The molecule has 0 aliphatic heterocycles. The minimum Gasteiger partial charge on any atom is -0.357 e. The van der Waals surface area contributed by atoms with Crippen LogP contribution in [-0.4, -0.2) is 43.0 Å². The molecule has 0 aliphatic rings. The highest BCUT2D eigenvalue weighted by Crippen LogP contribution is 2.12. The largest absolute Gasteiger partial charge is 0.357 e. The normalized spacial score (nSPS) is 12.0. The highest BCUT2D eigenvalue weighted by Gasteiger charge is 2.13. The topological polar surface area (TPSA) is 88.4 Å². The van der Waals surface area contributed by atoms with Gasteiger partial charge in [0.25, 0.3) is 0 Å². The minimum atomic E-state index is -3.33. The van der Waals surface area contributed by atoms with Crippen LogP contribution in [0, 0.1) is 0 Å². The van der Waals surface area contributed by atoms with Crippen LogP contribution in [0.15, 0.2) is 82.9 Å². The molecular weight excluding hydrogens is 398 g/mol. The molecule has 0 amide bonds. The maximum Gasteiger partial charge on any atom is 0.191 e. The van der Waals surface area contributed by atoms with Crippen LogP contribution < -0.4 is 10.6 Å². The van der Waals surface area contributed by atoms with Gasteiger partial charge in [-0.05, 0) is 36.2 Å². The van der Waals surface area contributed by atoms with Crippen LogP contribution in [-0.2, 0) is 22.9 Å². The van der Waals surface area contributed by atoms with E-state index in [1.165, 1.54) is 0 Å². The molecule has 0 saturated heterocycles. The fraction of sp³-hybridized carbons (Fsp3) is 0.273. The van der Waals surface area contributed by atoms with Gasteiger partial charge in [0.2, 0.25) is 0 Å². The summed E-state index contributed by atoms with van der Waals surface area (Å²) in [6, 6.07) is 18.5. The van der Waals surface area contributed by atoms with Gasteiger partial charge in [-0.3, -0.25) is 4.68 Å². The Bertz CT molecular complexity index is 1050. The van der Waals surface area contributed by atoms with E-state index >= 15 is 0 Å². The molecule has 3 aromatic rings. The Morgan fingerprint density at radius 1 is 1.00 bits per heavy atom. The molecule has 2 aromatic carbocycles. The maximum atomic E-state index is 12.4. The summed E-state index contributed by atoms with van der Waals surface area (Å²) >= 11 is 0. The summed E-state index contributed by atoms with van der Waals surface area (Å²) in [6.07, 6.45) is 3.69. The molecule has 8 heteroatoms. The van der Waals surface area contributed by atoms with Crippen LogP contribution in [0.25, 0.3) is 0 Å². The van der Waals surface area contributed by atoms with Gasteiger partial charge < -0.3 is 10.6 Å². The molecule has 3 rings (SSSR count). The van der Waals surface area contributed by atoms with E-state index in [4.69, 9.17) is 0 Å². The smallest absolute Gasteiger partial charge is 0.191 e. The summed E-state index contributed by atoms with van der Waals surface area (Å²) in [5.74, 6) is 0.590. The number of aromatic nitrogens is 2. The van der Waals surface area contributed by atoms with Crippen molar-refractivity contribution < 1.29 is 8.42 Å². The number of benzene rings is 2. The second-order valence-electron chi connectivity index (χ2n) is 6.73. The van der Waals surface area contributed by atoms with Crippen molar-refractivity contribution in [3.63, 3.8) is 0 Å². The second kappa shape index (κ2) is 10.6.